The van der Waals surface area contributed by atoms with Gasteiger partial charge in [0.2, 0.25) is 6.79 Å². The average molecular weight is 386 g/mol. The van der Waals surface area contributed by atoms with Gasteiger partial charge in [0.25, 0.3) is 5.91 Å². The third-order valence-electron chi connectivity index (χ3n) is 4.13. The summed E-state index contributed by atoms with van der Waals surface area (Å²) in [6.07, 6.45) is 0. The molecule has 0 saturated carbocycles. The number of thiazole rings is 1. The molecule has 0 N–H and O–H groups in total. The minimum absolute atomic E-state index is 0.166. The van der Waals surface area contributed by atoms with E-state index in [-0.39, 0.29) is 19.3 Å². The van der Waals surface area contributed by atoms with Gasteiger partial charge >= 0.3 is 0 Å². The number of carbonyl (C=O) groups is 1. The first-order chi connectivity index (χ1) is 13.2. The molecule has 0 fully saturated rings. The molecule has 7 nitrogen and oxygen atoms in total. The van der Waals surface area contributed by atoms with Gasteiger partial charge in [0.1, 0.15) is 0 Å². The van der Waals surface area contributed by atoms with Gasteiger partial charge in [-0.1, -0.05) is 23.5 Å². The Morgan fingerprint density at radius 1 is 1.22 bits per heavy atom. The van der Waals surface area contributed by atoms with Gasteiger partial charge in [0.05, 0.1) is 17.3 Å². The monoisotopic (exact) mass is 386 g/mol. The van der Waals surface area contributed by atoms with Crippen LogP contribution in [0.3, 0.4) is 0 Å². The molecule has 8 heteroatoms. The number of fused-ring (bicyclic) bond motifs is 2. The molecule has 27 heavy (non-hydrogen) atoms. The Labute approximate surface area is 159 Å². The molecule has 0 radical (unpaired) electrons. The maximum atomic E-state index is 12.3. The van der Waals surface area contributed by atoms with E-state index in [2.05, 4.69) is 4.99 Å². The second-order valence-electron chi connectivity index (χ2n) is 5.75. The summed E-state index contributed by atoms with van der Waals surface area (Å²) < 4.78 is 24.6. The largest absolute Gasteiger partial charge is 0.493 e. The smallest absolute Gasteiger partial charge is 0.286 e. The molecule has 0 unspecified atom stereocenters. The molecule has 1 amide bonds. The van der Waals surface area contributed by atoms with E-state index < -0.39 is 0 Å². The van der Waals surface area contributed by atoms with Crippen LogP contribution >= 0.6 is 11.3 Å². The number of aromatic nitrogens is 1. The summed E-state index contributed by atoms with van der Waals surface area (Å²) in [5, 5.41) is 0. The zero-order valence-corrected chi connectivity index (χ0v) is 15.7. The van der Waals surface area contributed by atoms with Gasteiger partial charge in [-0.25, -0.2) is 0 Å². The Balaban J connectivity index is 1.61. The van der Waals surface area contributed by atoms with Crippen molar-refractivity contribution in [2.24, 2.45) is 4.99 Å². The van der Waals surface area contributed by atoms with Gasteiger partial charge in [-0.3, -0.25) is 4.79 Å². The first kappa shape index (κ1) is 17.4. The van der Waals surface area contributed by atoms with E-state index in [4.69, 9.17) is 18.9 Å². The fourth-order valence-electron chi connectivity index (χ4n) is 2.87. The average Bonchev–Trinajstić information content (AvgIpc) is 3.27. The van der Waals surface area contributed by atoms with Crippen LogP contribution in [0.5, 0.6) is 23.0 Å². The van der Waals surface area contributed by atoms with Crippen LogP contribution in [0.1, 0.15) is 6.92 Å². The number of methoxy groups -OCH3 is 1. The van der Waals surface area contributed by atoms with Crippen molar-refractivity contribution in [3.05, 3.63) is 41.2 Å². The SMILES string of the molecule is CCn1c(=NC(=O)COc2ccccc2OC)sc2cc3c(cc21)OCO3. The van der Waals surface area contributed by atoms with Crippen molar-refractivity contribution in [2.75, 3.05) is 20.5 Å². The molecule has 1 aliphatic heterocycles. The Morgan fingerprint density at radius 2 is 1.96 bits per heavy atom. The van der Waals surface area contributed by atoms with E-state index in [1.54, 1.807) is 19.2 Å². The number of benzene rings is 2. The van der Waals surface area contributed by atoms with Crippen LogP contribution in [-0.4, -0.2) is 31.0 Å². The number of para-hydroxylation sites is 2. The van der Waals surface area contributed by atoms with Gasteiger partial charge < -0.3 is 23.5 Å². The summed E-state index contributed by atoms with van der Waals surface area (Å²) in [6.45, 7) is 2.75. The van der Waals surface area contributed by atoms with Gasteiger partial charge in [0, 0.05) is 18.7 Å². The summed E-state index contributed by atoms with van der Waals surface area (Å²) in [4.78, 5) is 17.2. The van der Waals surface area contributed by atoms with Gasteiger partial charge in [-0.15, -0.1) is 0 Å². The highest BCUT2D eigenvalue weighted by Gasteiger charge is 2.17. The Kier molecular flexibility index (Phi) is 4.72. The Hall–Kier alpha value is -3.00. The number of aryl methyl sites for hydroxylation is 1. The second kappa shape index (κ2) is 7.32. The van der Waals surface area contributed by atoms with Gasteiger partial charge in [0.15, 0.2) is 34.4 Å². The quantitative estimate of drug-likeness (QED) is 0.674. The van der Waals surface area contributed by atoms with Gasteiger partial charge in [-0.05, 0) is 19.1 Å². The van der Waals surface area contributed by atoms with Crippen molar-refractivity contribution < 1.29 is 23.7 Å². The Morgan fingerprint density at radius 3 is 2.70 bits per heavy atom. The number of hydrogen-bond acceptors (Lipinski definition) is 6. The predicted octanol–water partition coefficient (Wildman–Crippen LogP) is 2.97. The van der Waals surface area contributed by atoms with E-state index in [1.165, 1.54) is 11.3 Å². The lowest BCUT2D eigenvalue weighted by molar-refractivity contribution is -0.120. The number of ether oxygens (including phenoxy) is 4. The lowest BCUT2D eigenvalue weighted by Gasteiger charge is -2.08. The van der Waals surface area contributed by atoms with Crippen molar-refractivity contribution >= 4 is 27.5 Å². The standard InChI is InChI=1S/C19H18N2O5S/c1-3-21-12-8-15-16(26-11-25-15)9-17(12)27-19(21)20-18(22)10-24-14-7-5-4-6-13(14)23-2/h4-9H,3,10-11H2,1-2H3. The molecule has 1 aliphatic rings. The highest BCUT2D eigenvalue weighted by molar-refractivity contribution is 7.16. The molecular formula is C19H18N2O5S. The minimum Gasteiger partial charge on any atom is -0.493 e. The van der Waals surface area contributed by atoms with Crippen LogP contribution in [0.25, 0.3) is 10.2 Å². The van der Waals surface area contributed by atoms with E-state index in [1.807, 2.05) is 35.8 Å². The molecule has 2 heterocycles. The van der Waals surface area contributed by atoms with Gasteiger partial charge in [-0.2, -0.15) is 4.99 Å². The number of hydrogen-bond donors (Lipinski definition) is 0. The summed E-state index contributed by atoms with van der Waals surface area (Å²) in [5.74, 6) is 2.14. The van der Waals surface area contributed by atoms with E-state index >= 15 is 0 Å². The third-order valence-corrected chi connectivity index (χ3v) is 5.18. The van der Waals surface area contributed by atoms with Crippen molar-refractivity contribution in [3.8, 4) is 23.0 Å². The fourth-order valence-corrected chi connectivity index (χ4v) is 3.99. The lowest BCUT2D eigenvalue weighted by atomic mass is 10.3. The van der Waals surface area contributed by atoms with Crippen molar-refractivity contribution in [3.63, 3.8) is 0 Å². The molecule has 2 aromatic carbocycles. The van der Waals surface area contributed by atoms with E-state index in [9.17, 15) is 4.79 Å². The van der Waals surface area contributed by atoms with Crippen LogP contribution in [0.15, 0.2) is 41.4 Å². The first-order valence-electron chi connectivity index (χ1n) is 8.46. The Bertz CT molecular complexity index is 1070. The molecule has 1 aromatic heterocycles. The molecular weight excluding hydrogens is 368 g/mol. The lowest BCUT2D eigenvalue weighted by Crippen LogP contribution is -2.18. The topological polar surface area (TPSA) is 71.3 Å². The number of rotatable bonds is 5. The molecule has 0 saturated heterocycles. The zero-order valence-electron chi connectivity index (χ0n) is 14.9. The minimum atomic E-state index is -0.366. The second-order valence-corrected chi connectivity index (χ2v) is 6.76. The normalized spacial score (nSPS) is 13.2. The molecule has 4 rings (SSSR count). The molecule has 0 atom stereocenters. The fraction of sp³-hybridized carbons (Fsp3) is 0.263. The summed E-state index contributed by atoms with van der Waals surface area (Å²) in [5.41, 5.74) is 0.962. The maximum absolute atomic E-state index is 12.3. The number of carbonyl (C=O) groups excluding carboxylic acids is 1. The van der Waals surface area contributed by atoms with Crippen LogP contribution in [0, 0.1) is 0 Å². The molecule has 3 aromatic rings. The van der Waals surface area contributed by atoms with Crippen LogP contribution < -0.4 is 23.7 Å². The predicted molar refractivity (Wildman–Crippen MR) is 101 cm³/mol. The molecule has 140 valence electrons. The van der Waals surface area contributed by atoms with E-state index in [0.29, 0.717) is 34.3 Å². The zero-order chi connectivity index (χ0) is 18.8. The molecule has 0 spiro atoms. The van der Waals surface area contributed by atoms with Crippen LogP contribution in [0.2, 0.25) is 0 Å². The third kappa shape index (κ3) is 3.35. The van der Waals surface area contributed by atoms with Crippen LogP contribution in [0.4, 0.5) is 0 Å². The molecule has 0 aliphatic carbocycles. The van der Waals surface area contributed by atoms with E-state index in [0.717, 1.165) is 10.2 Å². The summed E-state index contributed by atoms with van der Waals surface area (Å²) >= 11 is 1.43. The summed E-state index contributed by atoms with van der Waals surface area (Å²) in [7, 11) is 1.56. The highest BCUT2D eigenvalue weighted by Crippen LogP contribution is 2.36. The van der Waals surface area contributed by atoms with Crippen LogP contribution in [-0.2, 0) is 11.3 Å². The highest BCUT2D eigenvalue weighted by atomic mass is 32.1. The van der Waals surface area contributed by atoms with Crippen molar-refractivity contribution in [1.29, 1.82) is 0 Å². The first-order valence-corrected chi connectivity index (χ1v) is 9.27. The number of nitrogens with zero attached hydrogens (tertiary/aromatic N) is 2. The summed E-state index contributed by atoms with van der Waals surface area (Å²) in [6, 6.07) is 11.0. The van der Waals surface area contributed by atoms with Crippen molar-refractivity contribution in [1.82, 2.24) is 4.57 Å². The maximum Gasteiger partial charge on any atom is 0.286 e. The van der Waals surface area contributed by atoms with Crippen molar-refractivity contribution in [2.45, 2.75) is 13.5 Å². The molecule has 0 bridgehead atoms. The number of amides is 1.